The van der Waals surface area contributed by atoms with E-state index >= 15 is 0 Å². The fourth-order valence-corrected chi connectivity index (χ4v) is 2.20. The molecule has 3 heteroatoms. The van der Waals surface area contributed by atoms with E-state index in [1.54, 1.807) is 7.11 Å². The first-order valence-corrected chi connectivity index (χ1v) is 5.45. The number of nitrogens with two attached hydrogens (primary N) is 1. The minimum Gasteiger partial charge on any atom is -0.496 e. The van der Waals surface area contributed by atoms with E-state index in [9.17, 15) is 0 Å². The molecule has 0 radical (unpaired) electrons. The van der Waals surface area contributed by atoms with Crippen LogP contribution in [0.25, 0.3) is 0 Å². The molecule has 1 heterocycles. The number of anilines is 1. The van der Waals surface area contributed by atoms with Gasteiger partial charge < -0.3 is 15.8 Å². The van der Waals surface area contributed by atoms with Gasteiger partial charge in [-0.05, 0) is 43.5 Å². The standard InChI is InChI=1S/C12H18N2O/c1-15-12-8-10(13)2-3-11(12)9-4-6-14-7-5-9/h2-3,8-9,14H,4-7,13H2,1H3. The summed E-state index contributed by atoms with van der Waals surface area (Å²) >= 11 is 0. The Bertz CT molecular complexity index is 332. The molecule has 1 saturated heterocycles. The molecule has 0 aromatic heterocycles. The van der Waals surface area contributed by atoms with Crippen molar-refractivity contribution in [2.75, 3.05) is 25.9 Å². The first kappa shape index (κ1) is 10.3. The number of rotatable bonds is 2. The lowest BCUT2D eigenvalue weighted by atomic mass is 9.89. The topological polar surface area (TPSA) is 47.3 Å². The summed E-state index contributed by atoms with van der Waals surface area (Å²) in [7, 11) is 1.71. The lowest BCUT2D eigenvalue weighted by molar-refractivity contribution is 0.392. The fraction of sp³-hybridized carbons (Fsp3) is 0.500. The van der Waals surface area contributed by atoms with Crippen LogP contribution in [0.1, 0.15) is 24.3 Å². The van der Waals surface area contributed by atoms with Crippen LogP contribution in [0.4, 0.5) is 5.69 Å². The van der Waals surface area contributed by atoms with Crippen LogP contribution in [0.2, 0.25) is 0 Å². The molecule has 1 aromatic carbocycles. The Labute approximate surface area is 90.6 Å². The van der Waals surface area contributed by atoms with Crippen molar-refractivity contribution in [3.63, 3.8) is 0 Å². The number of ether oxygens (including phenoxy) is 1. The lowest BCUT2D eigenvalue weighted by Crippen LogP contribution is -2.26. The monoisotopic (exact) mass is 206 g/mol. The van der Waals surface area contributed by atoms with E-state index < -0.39 is 0 Å². The number of nitrogen functional groups attached to an aromatic ring is 1. The molecule has 0 atom stereocenters. The molecule has 1 aliphatic rings. The van der Waals surface area contributed by atoms with E-state index in [-0.39, 0.29) is 0 Å². The second-order valence-electron chi connectivity index (χ2n) is 4.03. The third-order valence-electron chi connectivity index (χ3n) is 3.04. The summed E-state index contributed by atoms with van der Waals surface area (Å²) < 4.78 is 5.38. The van der Waals surface area contributed by atoms with Crippen LogP contribution < -0.4 is 15.8 Å². The summed E-state index contributed by atoms with van der Waals surface area (Å²) in [5, 5.41) is 3.37. The Morgan fingerprint density at radius 1 is 1.33 bits per heavy atom. The Hall–Kier alpha value is -1.22. The van der Waals surface area contributed by atoms with Gasteiger partial charge in [0.05, 0.1) is 7.11 Å². The molecule has 0 bridgehead atoms. The minimum atomic E-state index is 0.613. The Balaban J connectivity index is 2.25. The maximum Gasteiger partial charge on any atom is 0.124 e. The van der Waals surface area contributed by atoms with Crippen LogP contribution in [-0.2, 0) is 0 Å². The van der Waals surface area contributed by atoms with E-state index in [2.05, 4.69) is 11.4 Å². The van der Waals surface area contributed by atoms with Crippen molar-refractivity contribution in [2.45, 2.75) is 18.8 Å². The van der Waals surface area contributed by atoms with Gasteiger partial charge in [-0.2, -0.15) is 0 Å². The van der Waals surface area contributed by atoms with Crippen LogP contribution in [0.5, 0.6) is 5.75 Å². The van der Waals surface area contributed by atoms with Gasteiger partial charge in [0, 0.05) is 11.8 Å². The highest BCUT2D eigenvalue weighted by Crippen LogP contribution is 2.33. The van der Waals surface area contributed by atoms with Gasteiger partial charge in [0.1, 0.15) is 5.75 Å². The van der Waals surface area contributed by atoms with Crippen molar-refractivity contribution in [2.24, 2.45) is 0 Å². The molecule has 0 unspecified atom stereocenters. The molecular formula is C12H18N2O. The predicted molar refractivity (Wildman–Crippen MR) is 62.3 cm³/mol. The fourth-order valence-electron chi connectivity index (χ4n) is 2.20. The molecule has 1 fully saturated rings. The Kier molecular flexibility index (Phi) is 3.11. The maximum atomic E-state index is 5.74. The van der Waals surface area contributed by atoms with Gasteiger partial charge in [0.25, 0.3) is 0 Å². The van der Waals surface area contributed by atoms with E-state index in [4.69, 9.17) is 10.5 Å². The SMILES string of the molecule is COc1cc(N)ccc1C1CCNCC1. The molecule has 3 nitrogen and oxygen atoms in total. The summed E-state index contributed by atoms with van der Waals surface area (Å²) in [6.45, 7) is 2.19. The average Bonchev–Trinajstić information content (AvgIpc) is 2.30. The zero-order chi connectivity index (χ0) is 10.7. The largest absolute Gasteiger partial charge is 0.496 e. The van der Waals surface area contributed by atoms with Gasteiger partial charge in [-0.1, -0.05) is 6.07 Å². The van der Waals surface area contributed by atoms with Crippen molar-refractivity contribution in [1.29, 1.82) is 0 Å². The molecule has 1 aromatic rings. The van der Waals surface area contributed by atoms with E-state index in [0.717, 1.165) is 24.5 Å². The van der Waals surface area contributed by atoms with Crippen molar-refractivity contribution in [3.05, 3.63) is 23.8 Å². The highest BCUT2D eigenvalue weighted by molar-refractivity contribution is 5.49. The first-order valence-electron chi connectivity index (χ1n) is 5.45. The molecule has 0 spiro atoms. The molecule has 0 amide bonds. The summed E-state index contributed by atoms with van der Waals surface area (Å²) in [5.74, 6) is 1.55. The molecular weight excluding hydrogens is 188 g/mol. The average molecular weight is 206 g/mol. The summed E-state index contributed by atoms with van der Waals surface area (Å²) in [6, 6.07) is 5.97. The van der Waals surface area contributed by atoms with Gasteiger partial charge in [-0.15, -0.1) is 0 Å². The van der Waals surface area contributed by atoms with Gasteiger partial charge >= 0.3 is 0 Å². The summed E-state index contributed by atoms with van der Waals surface area (Å²) in [5.41, 5.74) is 7.81. The zero-order valence-corrected chi connectivity index (χ0v) is 9.12. The van der Waals surface area contributed by atoms with Crippen LogP contribution in [0, 0.1) is 0 Å². The number of benzene rings is 1. The van der Waals surface area contributed by atoms with Crippen LogP contribution >= 0.6 is 0 Å². The molecule has 1 aliphatic heterocycles. The number of hydrogen-bond donors (Lipinski definition) is 2. The van der Waals surface area contributed by atoms with Crippen molar-refractivity contribution >= 4 is 5.69 Å². The van der Waals surface area contributed by atoms with Gasteiger partial charge in [-0.3, -0.25) is 0 Å². The smallest absolute Gasteiger partial charge is 0.124 e. The quantitative estimate of drug-likeness (QED) is 0.725. The Morgan fingerprint density at radius 3 is 2.73 bits per heavy atom. The van der Waals surface area contributed by atoms with Gasteiger partial charge in [0.2, 0.25) is 0 Å². The second-order valence-corrected chi connectivity index (χ2v) is 4.03. The first-order chi connectivity index (χ1) is 7.31. The number of piperidine rings is 1. The van der Waals surface area contributed by atoms with Crippen molar-refractivity contribution < 1.29 is 4.74 Å². The molecule has 0 aliphatic carbocycles. The highest BCUT2D eigenvalue weighted by Gasteiger charge is 2.18. The van der Waals surface area contributed by atoms with Crippen molar-refractivity contribution in [1.82, 2.24) is 5.32 Å². The number of methoxy groups -OCH3 is 1. The van der Waals surface area contributed by atoms with Gasteiger partial charge in [-0.25, -0.2) is 0 Å². The predicted octanol–water partition coefficient (Wildman–Crippen LogP) is 1.74. The number of nitrogens with one attached hydrogen (secondary N) is 1. The second kappa shape index (κ2) is 4.53. The molecule has 3 N–H and O–H groups in total. The minimum absolute atomic E-state index is 0.613. The van der Waals surface area contributed by atoms with Crippen LogP contribution in [0.15, 0.2) is 18.2 Å². The maximum absolute atomic E-state index is 5.74. The molecule has 82 valence electrons. The normalized spacial score (nSPS) is 17.7. The zero-order valence-electron chi connectivity index (χ0n) is 9.12. The van der Waals surface area contributed by atoms with Crippen LogP contribution in [-0.4, -0.2) is 20.2 Å². The highest BCUT2D eigenvalue weighted by atomic mass is 16.5. The third-order valence-corrected chi connectivity index (χ3v) is 3.04. The summed E-state index contributed by atoms with van der Waals surface area (Å²) in [6.07, 6.45) is 2.36. The lowest BCUT2D eigenvalue weighted by Gasteiger charge is -2.24. The van der Waals surface area contributed by atoms with E-state index in [1.165, 1.54) is 18.4 Å². The molecule has 2 rings (SSSR count). The molecule has 15 heavy (non-hydrogen) atoms. The third kappa shape index (κ3) is 2.23. The van der Waals surface area contributed by atoms with Crippen molar-refractivity contribution in [3.8, 4) is 5.75 Å². The number of hydrogen-bond acceptors (Lipinski definition) is 3. The molecule has 0 saturated carbocycles. The van der Waals surface area contributed by atoms with E-state index in [1.807, 2.05) is 12.1 Å². The Morgan fingerprint density at radius 2 is 2.07 bits per heavy atom. The van der Waals surface area contributed by atoms with Gasteiger partial charge in [0.15, 0.2) is 0 Å². The summed E-state index contributed by atoms with van der Waals surface area (Å²) in [4.78, 5) is 0. The van der Waals surface area contributed by atoms with Crippen LogP contribution in [0.3, 0.4) is 0 Å². The van der Waals surface area contributed by atoms with E-state index in [0.29, 0.717) is 5.92 Å².